The molecule has 3 rings (SSSR count). The molecule has 162 valence electrons. The van der Waals surface area contributed by atoms with Crippen LogP contribution < -0.4 is 9.64 Å². The number of benzene rings is 2. The molecule has 1 heterocycles. The molecule has 0 bridgehead atoms. The highest BCUT2D eigenvalue weighted by molar-refractivity contribution is 7.99. The number of halogens is 1. The van der Waals surface area contributed by atoms with Gasteiger partial charge in [-0.15, -0.1) is 24.2 Å². The molecule has 0 aliphatic carbocycles. The van der Waals surface area contributed by atoms with Crippen molar-refractivity contribution in [2.75, 3.05) is 39.1 Å². The number of likely N-dealkylation sites (N-methyl/N-ethyl adjacent to an activating group) is 1. The van der Waals surface area contributed by atoms with Crippen molar-refractivity contribution in [2.24, 2.45) is 0 Å². The van der Waals surface area contributed by atoms with Gasteiger partial charge in [-0.2, -0.15) is 0 Å². The highest BCUT2D eigenvalue weighted by Gasteiger charge is 2.40. The van der Waals surface area contributed by atoms with Crippen LogP contribution in [0.15, 0.2) is 53.4 Å². The maximum Gasteiger partial charge on any atom is 0.303 e. The van der Waals surface area contributed by atoms with E-state index in [4.69, 9.17) is 17.7 Å². The van der Waals surface area contributed by atoms with Gasteiger partial charge >= 0.3 is 5.97 Å². The molecular weight excluding hydrogens is 424 g/mol. The van der Waals surface area contributed by atoms with Crippen LogP contribution >= 0.6 is 24.2 Å². The van der Waals surface area contributed by atoms with Crippen molar-refractivity contribution < 1.29 is 27.3 Å². The zero-order valence-electron chi connectivity index (χ0n) is 22.5. The van der Waals surface area contributed by atoms with Gasteiger partial charge in [-0.3, -0.25) is 9.59 Å². The van der Waals surface area contributed by atoms with Crippen LogP contribution in [0.4, 0.5) is 5.69 Å². The molecule has 0 radical (unpaired) electrons. The average Bonchev–Trinajstić information content (AvgIpc) is 2.87. The molecule has 1 aliphatic rings. The number of esters is 1. The summed E-state index contributed by atoms with van der Waals surface area (Å²) in [7, 11) is 1.54. The van der Waals surface area contributed by atoms with Gasteiger partial charge in [0, 0.05) is 33.1 Å². The lowest BCUT2D eigenvalue weighted by Gasteiger charge is -2.28. The fraction of sp³-hybridized carbons (Fsp3) is 0.364. The average molecular weight is 457 g/mol. The molecule has 0 saturated carbocycles. The first-order valence-electron chi connectivity index (χ1n) is 12.0. The van der Waals surface area contributed by atoms with E-state index in [2.05, 4.69) is 0 Å². The molecule has 2 atom stereocenters. The van der Waals surface area contributed by atoms with E-state index in [-0.39, 0.29) is 19.0 Å². The number of amides is 1. The van der Waals surface area contributed by atoms with Gasteiger partial charge in [0.25, 0.3) is 5.91 Å². The van der Waals surface area contributed by atoms with Gasteiger partial charge in [-0.05, 0) is 43.8 Å². The van der Waals surface area contributed by atoms with E-state index in [9.17, 15) is 9.59 Å². The number of fused-ring (bicyclic) bond motifs is 1. The smallest absolute Gasteiger partial charge is 0.303 e. The number of rotatable bonds is 6. The lowest BCUT2D eigenvalue weighted by molar-refractivity contribution is -0.152. The van der Waals surface area contributed by atoms with E-state index in [1.807, 2.05) is 0 Å². The van der Waals surface area contributed by atoms with E-state index in [1.54, 1.807) is 48.5 Å². The Labute approximate surface area is 196 Å². The molecule has 30 heavy (non-hydrogen) atoms. The Morgan fingerprint density at radius 3 is 2.53 bits per heavy atom. The number of hydrogen-bond acceptors (Lipinski definition) is 6. The summed E-state index contributed by atoms with van der Waals surface area (Å²) in [5.41, 5.74) is 1.20. The monoisotopic (exact) mass is 456 g/mol. The molecular formula is C22H27ClN2O4S. The number of thioether (sulfide) groups is 1. The standard InChI is InChI=1S/C22H26N2O4S.ClH/c1-15(25)28-20-21(16-9-11-17(27-4)12-10-16)29-19-8-6-5-7-18(19)24(22(20)26)14-13-23(2)3;/h5-12,20-21H,13-14H2,1-4H3;1H/t20-,21+;/m0./s1/i2D3,3D3;. The van der Waals surface area contributed by atoms with Crippen molar-refractivity contribution in [3.63, 3.8) is 0 Å². The third-order valence-corrected chi connectivity index (χ3v) is 5.85. The van der Waals surface area contributed by atoms with Crippen molar-refractivity contribution in [3.8, 4) is 5.75 Å². The van der Waals surface area contributed by atoms with Gasteiger partial charge in [-0.25, -0.2) is 0 Å². The largest absolute Gasteiger partial charge is 0.497 e. The van der Waals surface area contributed by atoms with Crippen molar-refractivity contribution in [1.29, 1.82) is 0 Å². The molecule has 6 nitrogen and oxygen atoms in total. The first kappa shape index (κ1) is 16.5. The van der Waals surface area contributed by atoms with E-state index in [0.29, 0.717) is 21.2 Å². The number of nitrogens with zero attached hydrogens (tertiary/aromatic N) is 2. The normalized spacial score (nSPS) is 22.1. The molecule has 1 amide bonds. The van der Waals surface area contributed by atoms with Crippen molar-refractivity contribution in [1.82, 2.24) is 4.90 Å². The fourth-order valence-electron chi connectivity index (χ4n) is 3.14. The molecule has 8 heteroatoms. The molecule has 0 fully saturated rings. The van der Waals surface area contributed by atoms with Gasteiger partial charge in [0.05, 0.1) is 18.0 Å². The van der Waals surface area contributed by atoms with Gasteiger partial charge in [0.1, 0.15) is 5.75 Å². The molecule has 2 aromatic carbocycles. The fourth-order valence-corrected chi connectivity index (χ4v) is 4.46. The summed E-state index contributed by atoms with van der Waals surface area (Å²) in [4.78, 5) is 28.1. The zero-order valence-corrected chi connectivity index (χ0v) is 18.2. The number of methoxy groups -OCH3 is 1. The molecule has 0 N–H and O–H groups in total. The van der Waals surface area contributed by atoms with Gasteiger partial charge in [0.15, 0.2) is 6.10 Å². The number of ether oxygens (including phenoxy) is 2. The molecule has 2 aromatic rings. The quantitative estimate of drug-likeness (QED) is 0.616. The lowest BCUT2D eigenvalue weighted by Crippen LogP contribution is -2.45. The van der Waals surface area contributed by atoms with Gasteiger partial charge in [-0.1, -0.05) is 24.3 Å². The second-order valence-corrected chi connectivity index (χ2v) is 7.63. The van der Waals surface area contributed by atoms with E-state index in [1.165, 1.54) is 30.7 Å². The Hall–Kier alpha value is -2.22. The topological polar surface area (TPSA) is 59.1 Å². The summed E-state index contributed by atoms with van der Waals surface area (Å²) in [6, 6.07) is 14.1. The summed E-state index contributed by atoms with van der Waals surface area (Å²) < 4.78 is 56.4. The molecule has 0 spiro atoms. The zero-order chi connectivity index (χ0) is 26.0. The first-order valence-corrected chi connectivity index (χ1v) is 9.87. The van der Waals surface area contributed by atoms with Gasteiger partial charge < -0.3 is 19.3 Å². The summed E-state index contributed by atoms with van der Waals surface area (Å²) in [6.45, 7) is -5.26. The highest BCUT2D eigenvalue weighted by Crippen LogP contribution is 2.46. The highest BCUT2D eigenvalue weighted by atomic mass is 35.5. The number of carbonyl (C=O) groups excluding carboxylic acids is 2. The number of carbonyl (C=O) groups is 2. The minimum atomic E-state index is -2.89. The summed E-state index contributed by atoms with van der Waals surface area (Å²) in [6.07, 6.45) is -1.23. The van der Waals surface area contributed by atoms with E-state index >= 15 is 0 Å². The number of hydrogen-bond donors (Lipinski definition) is 0. The van der Waals surface area contributed by atoms with E-state index in [0.717, 1.165) is 5.56 Å². The number of anilines is 1. The van der Waals surface area contributed by atoms with Crippen LogP contribution in [0, 0.1) is 0 Å². The van der Waals surface area contributed by atoms with Crippen molar-refractivity contribution in [2.45, 2.75) is 23.2 Å². The summed E-state index contributed by atoms with van der Waals surface area (Å²) >= 11 is 1.33. The van der Waals surface area contributed by atoms with Crippen LogP contribution in [0.5, 0.6) is 5.75 Å². The van der Waals surface area contributed by atoms with Crippen LogP contribution in [0.3, 0.4) is 0 Å². The second-order valence-electron chi connectivity index (χ2n) is 6.45. The SMILES string of the molecule is Cl.[2H]C([2H])([2H])N(CCN1C(=O)[C@@H](OC(C)=O)[C@@H](c2ccc(OC)cc2)Sc2ccccc21)C([2H])([2H])[2H]. The predicted octanol–water partition coefficient (Wildman–Crippen LogP) is 3.79. The number of para-hydroxylation sites is 1. The third-order valence-electron chi connectivity index (χ3n) is 4.48. The lowest BCUT2D eigenvalue weighted by atomic mass is 10.1. The second kappa shape index (κ2) is 10.7. The third kappa shape index (κ3) is 5.47. The van der Waals surface area contributed by atoms with Crippen molar-refractivity contribution >= 4 is 41.7 Å². The Kier molecular flexibility index (Phi) is 5.88. The van der Waals surface area contributed by atoms with Crippen molar-refractivity contribution in [3.05, 3.63) is 54.1 Å². The first-order chi connectivity index (χ1) is 16.3. The Balaban J connectivity index is 0.00000456. The Morgan fingerprint density at radius 2 is 1.90 bits per heavy atom. The molecule has 0 unspecified atom stereocenters. The Morgan fingerprint density at radius 1 is 1.20 bits per heavy atom. The predicted molar refractivity (Wildman–Crippen MR) is 122 cm³/mol. The molecule has 0 aromatic heterocycles. The summed E-state index contributed by atoms with van der Waals surface area (Å²) in [5.74, 6) is -0.603. The summed E-state index contributed by atoms with van der Waals surface area (Å²) in [5, 5.41) is -0.607. The minimum absolute atomic E-state index is 0. The Bertz CT molecular complexity index is 1050. The van der Waals surface area contributed by atoms with Crippen LogP contribution in [0.2, 0.25) is 0 Å². The van der Waals surface area contributed by atoms with E-state index < -0.39 is 43.7 Å². The van der Waals surface area contributed by atoms with Gasteiger partial charge in [0.2, 0.25) is 0 Å². The maximum absolute atomic E-state index is 13.8. The molecule has 1 aliphatic heterocycles. The molecule has 0 saturated heterocycles. The van der Waals surface area contributed by atoms with Crippen LogP contribution in [-0.2, 0) is 14.3 Å². The van der Waals surface area contributed by atoms with Crippen LogP contribution in [0.1, 0.15) is 26.0 Å². The minimum Gasteiger partial charge on any atom is -0.497 e. The van der Waals surface area contributed by atoms with Crippen LogP contribution in [-0.4, -0.2) is 57.0 Å². The van der Waals surface area contributed by atoms with Crippen LogP contribution in [0.25, 0.3) is 0 Å². The maximum atomic E-state index is 13.8.